The minimum atomic E-state index is -0.629. The third-order valence-corrected chi connectivity index (χ3v) is 7.10. The van der Waals surface area contributed by atoms with Crippen molar-refractivity contribution in [2.45, 2.75) is 12.8 Å². The quantitative estimate of drug-likeness (QED) is 0.333. The van der Waals surface area contributed by atoms with Gasteiger partial charge in [0.05, 0.1) is 48.2 Å². The number of nitriles is 1. The van der Waals surface area contributed by atoms with Crippen LogP contribution in [0.4, 0.5) is 11.4 Å². The number of anilines is 2. The molecule has 1 aliphatic heterocycles. The van der Waals surface area contributed by atoms with Crippen LogP contribution in [-0.2, 0) is 9.59 Å². The van der Waals surface area contributed by atoms with Crippen molar-refractivity contribution in [3.63, 3.8) is 0 Å². The van der Waals surface area contributed by atoms with E-state index in [-0.39, 0.29) is 17.6 Å². The molecule has 3 aromatic carbocycles. The first-order valence-electron chi connectivity index (χ1n) is 12.1. The molecule has 9 heteroatoms. The van der Waals surface area contributed by atoms with Gasteiger partial charge in [-0.05, 0) is 36.8 Å². The van der Waals surface area contributed by atoms with E-state index in [4.69, 9.17) is 9.47 Å². The average Bonchev–Trinajstić information content (AvgIpc) is 2.96. The molecule has 0 bridgehead atoms. The number of allylic oxidation sites excluding steroid dienone is 2. The van der Waals surface area contributed by atoms with E-state index in [0.717, 1.165) is 5.56 Å². The molecule has 3 aromatic rings. The molecule has 1 aliphatic rings. The number of benzene rings is 3. The second-order valence-electron chi connectivity index (χ2n) is 8.59. The average molecular weight is 541 g/mol. The van der Waals surface area contributed by atoms with Crippen LogP contribution in [0.15, 0.2) is 101 Å². The summed E-state index contributed by atoms with van der Waals surface area (Å²) < 4.78 is 10.6. The van der Waals surface area contributed by atoms with Gasteiger partial charge in [0.2, 0.25) is 5.91 Å². The first-order valence-corrected chi connectivity index (χ1v) is 13.1. The molecule has 3 N–H and O–H groups in total. The molecule has 39 heavy (non-hydrogen) atoms. The summed E-state index contributed by atoms with van der Waals surface area (Å²) >= 11 is 1.21. The Kier molecular flexibility index (Phi) is 8.92. The van der Waals surface area contributed by atoms with Crippen molar-refractivity contribution in [3.8, 4) is 17.6 Å². The van der Waals surface area contributed by atoms with E-state index in [1.807, 2.05) is 36.4 Å². The zero-order valence-corrected chi connectivity index (χ0v) is 22.6. The number of nitrogens with one attached hydrogen (secondary N) is 3. The smallest absolute Gasteiger partial charge is 0.254 e. The molecule has 0 radical (unpaired) electrons. The van der Waals surface area contributed by atoms with Crippen molar-refractivity contribution < 1.29 is 19.1 Å². The molecule has 0 saturated carbocycles. The Morgan fingerprint density at radius 3 is 2.44 bits per heavy atom. The monoisotopic (exact) mass is 540 g/mol. The number of carbonyl (C=O) groups is 2. The largest absolute Gasteiger partial charge is 0.497 e. The molecule has 0 aliphatic carbocycles. The number of carbonyl (C=O) groups excluding carboxylic acids is 2. The van der Waals surface area contributed by atoms with E-state index in [2.05, 4.69) is 22.0 Å². The SMILES string of the molecule is COc1cccc(NC(=O)CSC2=C(C#N)[C@H](c3ccccc3)C(C(=O)Nc3ccccc3OC)=C(C)N2)c1. The lowest BCUT2D eigenvalue weighted by molar-refractivity contribution is -0.114. The molecule has 8 nitrogen and oxygen atoms in total. The van der Waals surface area contributed by atoms with Crippen LogP contribution >= 0.6 is 11.8 Å². The van der Waals surface area contributed by atoms with Crippen LogP contribution in [0.1, 0.15) is 18.4 Å². The Hall–Kier alpha value is -4.68. The van der Waals surface area contributed by atoms with Gasteiger partial charge in [-0.2, -0.15) is 5.26 Å². The Balaban J connectivity index is 1.61. The van der Waals surface area contributed by atoms with Crippen molar-refractivity contribution in [2.24, 2.45) is 0 Å². The second-order valence-corrected chi connectivity index (χ2v) is 9.57. The van der Waals surface area contributed by atoms with Gasteiger partial charge in [0, 0.05) is 23.0 Å². The lowest BCUT2D eigenvalue weighted by atomic mass is 9.82. The molecule has 0 unspecified atom stereocenters. The summed E-state index contributed by atoms with van der Waals surface area (Å²) in [6.45, 7) is 1.79. The van der Waals surface area contributed by atoms with Crippen LogP contribution in [0, 0.1) is 11.3 Å². The van der Waals surface area contributed by atoms with Gasteiger partial charge < -0.3 is 25.4 Å². The van der Waals surface area contributed by atoms with Gasteiger partial charge >= 0.3 is 0 Å². The summed E-state index contributed by atoms with van der Waals surface area (Å²) in [6.07, 6.45) is 0. The van der Waals surface area contributed by atoms with Crippen LogP contribution in [0.3, 0.4) is 0 Å². The van der Waals surface area contributed by atoms with Crippen LogP contribution in [0.5, 0.6) is 11.5 Å². The van der Waals surface area contributed by atoms with Crippen molar-refractivity contribution in [2.75, 3.05) is 30.6 Å². The predicted molar refractivity (Wildman–Crippen MR) is 153 cm³/mol. The van der Waals surface area contributed by atoms with Crippen molar-refractivity contribution in [1.29, 1.82) is 5.26 Å². The van der Waals surface area contributed by atoms with Gasteiger partial charge in [-0.25, -0.2) is 0 Å². The zero-order valence-electron chi connectivity index (χ0n) is 21.8. The maximum atomic E-state index is 13.6. The highest BCUT2D eigenvalue weighted by atomic mass is 32.2. The highest BCUT2D eigenvalue weighted by molar-refractivity contribution is 8.03. The molecule has 1 heterocycles. The number of amides is 2. The first kappa shape index (κ1) is 27.4. The highest BCUT2D eigenvalue weighted by Crippen LogP contribution is 2.41. The second kappa shape index (κ2) is 12.7. The molecule has 2 amide bonds. The number of rotatable bonds is 9. The summed E-state index contributed by atoms with van der Waals surface area (Å²) in [6, 6.07) is 25.9. The minimum absolute atomic E-state index is 0.0578. The molecule has 1 atom stereocenters. The molecule has 4 rings (SSSR count). The van der Waals surface area contributed by atoms with E-state index in [1.165, 1.54) is 18.9 Å². The Morgan fingerprint density at radius 2 is 1.72 bits per heavy atom. The highest BCUT2D eigenvalue weighted by Gasteiger charge is 2.35. The van der Waals surface area contributed by atoms with E-state index < -0.39 is 5.92 Å². The molecular formula is C30H28N4O4S. The van der Waals surface area contributed by atoms with Gasteiger partial charge in [0.15, 0.2) is 0 Å². The van der Waals surface area contributed by atoms with Gasteiger partial charge in [0.25, 0.3) is 5.91 Å². The third kappa shape index (κ3) is 6.43. The van der Waals surface area contributed by atoms with Crippen molar-refractivity contribution >= 4 is 35.0 Å². The van der Waals surface area contributed by atoms with Crippen LogP contribution in [-0.4, -0.2) is 31.8 Å². The Bertz CT molecular complexity index is 1480. The van der Waals surface area contributed by atoms with Gasteiger partial charge in [-0.3, -0.25) is 9.59 Å². The topological polar surface area (TPSA) is 112 Å². The fourth-order valence-electron chi connectivity index (χ4n) is 4.28. The maximum Gasteiger partial charge on any atom is 0.254 e. The molecular weight excluding hydrogens is 512 g/mol. The maximum absolute atomic E-state index is 13.6. The Labute approximate surface area is 231 Å². The number of nitrogens with zero attached hydrogens (tertiary/aromatic N) is 1. The molecule has 0 spiro atoms. The summed E-state index contributed by atoms with van der Waals surface area (Å²) in [5, 5.41) is 19.8. The summed E-state index contributed by atoms with van der Waals surface area (Å²) in [4.78, 5) is 26.4. The number of methoxy groups -OCH3 is 2. The molecule has 0 aromatic heterocycles. The summed E-state index contributed by atoms with van der Waals surface area (Å²) in [7, 11) is 3.10. The molecule has 198 valence electrons. The van der Waals surface area contributed by atoms with Crippen LogP contribution in [0.25, 0.3) is 0 Å². The van der Waals surface area contributed by atoms with Gasteiger partial charge in [0.1, 0.15) is 11.5 Å². The number of thioether (sulfide) groups is 1. The number of dihydropyridines is 1. The van der Waals surface area contributed by atoms with Crippen LogP contribution < -0.4 is 25.4 Å². The van der Waals surface area contributed by atoms with Crippen molar-refractivity contribution in [3.05, 3.63) is 106 Å². The normalized spacial score (nSPS) is 14.7. The molecule has 0 saturated heterocycles. The number of para-hydroxylation sites is 2. The number of ether oxygens (including phenoxy) is 2. The third-order valence-electron chi connectivity index (χ3n) is 6.08. The summed E-state index contributed by atoms with van der Waals surface area (Å²) in [5.41, 5.74) is 3.28. The van der Waals surface area contributed by atoms with Gasteiger partial charge in [-0.1, -0.05) is 60.3 Å². The zero-order chi connectivity index (χ0) is 27.8. The van der Waals surface area contributed by atoms with E-state index in [9.17, 15) is 14.9 Å². The lowest BCUT2D eigenvalue weighted by Crippen LogP contribution is -2.31. The fourth-order valence-corrected chi connectivity index (χ4v) is 5.17. The minimum Gasteiger partial charge on any atom is -0.497 e. The Morgan fingerprint density at radius 1 is 0.974 bits per heavy atom. The first-order chi connectivity index (χ1) is 18.9. The van der Waals surface area contributed by atoms with Crippen LogP contribution in [0.2, 0.25) is 0 Å². The molecule has 0 fully saturated rings. The predicted octanol–water partition coefficient (Wildman–Crippen LogP) is 5.41. The number of hydrogen-bond donors (Lipinski definition) is 3. The lowest BCUT2D eigenvalue weighted by Gasteiger charge is -2.30. The van der Waals surface area contributed by atoms with E-state index in [0.29, 0.717) is 44.7 Å². The summed E-state index contributed by atoms with van der Waals surface area (Å²) in [5.74, 6) is -0.00497. The van der Waals surface area contributed by atoms with Crippen molar-refractivity contribution in [1.82, 2.24) is 5.32 Å². The fraction of sp³-hybridized carbons (Fsp3) is 0.167. The standard InChI is InChI=1S/C30H28N4O4S/c1-19-27(29(36)34-24-14-7-8-15-25(24)38-3)28(20-10-5-4-6-11-20)23(17-31)30(32-19)39-18-26(35)33-21-12-9-13-22(16-21)37-2/h4-16,28,32H,18H2,1-3H3,(H,33,35)(H,34,36)/t28-/m0/s1. The number of hydrogen-bond acceptors (Lipinski definition) is 7. The van der Waals surface area contributed by atoms with E-state index in [1.54, 1.807) is 56.5 Å². The van der Waals surface area contributed by atoms with Gasteiger partial charge in [-0.15, -0.1) is 0 Å². The van der Waals surface area contributed by atoms with E-state index >= 15 is 0 Å².